The van der Waals surface area contributed by atoms with Crippen LogP contribution in [-0.4, -0.2) is 6.09 Å². The van der Waals surface area contributed by atoms with Crippen molar-refractivity contribution in [2.75, 3.05) is 4.90 Å². The summed E-state index contributed by atoms with van der Waals surface area (Å²) in [7, 11) is -3.88. The van der Waals surface area contributed by atoms with Crippen molar-refractivity contribution in [2.24, 2.45) is 0 Å². The lowest BCUT2D eigenvalue weighted by Gasteiger charge is -2.32. The van der Waals surface area contributed by atoms with E-state index in [2.05, 4.69) is 0 Å². The minimum atomic E-state index is -3.88. The van der Waals surface area contributed by atoms with E-state index >= 15 is 0 Å². The van der Waals surface area contributed by atoms with Gasteiger partial charge in [0.25, 0.3) is 0 Å². The maximum absolute atomic E-state index is 14.5. The number of allylic oxidation sites excluding steroid dienone is 1. The van der Waals surface area contributed by atoms with Crippen LogP contribution in [0.2, 0.25) is 0 Å². The van der Waals surface area contributed by atoms with Gasteiger partial charge in [-0.2, -0.15) is 0 Å². The minimum Gasteiger partial charge on any atom is -0.415 e. The smallest absolute Gasteiger partial charge is 0.415 e. The fourth-order valence-corrected chi connectivity index (χ4v) is 5.87. The molecule has 36 heavy (non-hydrogen) atoms. The standard InChI is InChI=1S/C29H24NO5P/c1-22-17-18-27-26(21-22)28(19-20-30(27)29(31)33-23-11-5-2-6-12-23)36(32,34-24-13-7-3-8-14-24)35-25-15-9-4-10-16-25/h2-21,28H,1H3. The highest BCUT2D eigenvalue weighted by Crippen LogP contribution is 2.63. The molecule has 0 spiro atoms. The number of carbonyl (C=O) groups is 1. The largest absolute Gasteiger partial charge is 0.442 e. The number of rotatable bonds is 6. The number of nitrogens with zero attached hydrogens (tertiary/aromatic N) is 1. The molecular formula is C29H24NO5P. The summed E-state index contributed by atoms with van der Waals surface area (Å²) in [5, 5.41) is 0. The SMILES string of the molecule is Cc1ccc2c(c1)C(P(=O)(Oc1ccccc1)Oc1ccccc1)C=CN2C(=O)Oc1ccccc1. The number of amides is 1. The van der Waals surface area contributed by atoms with Gasteiger partial charge in [0.1, 0.15) is 22.9 Å². The van der Waals surface area contributed by atoms with Gasteiger partial charge < -0.3 is 13.8 Å². The van der Waals surface area contributed by atoms with E-state index in [0.29, 0.717) is 28.5 Å². The van der Waals surface area contributed by atoms with Crippen molar-refractivity contribution in [1.29, 1.82) is 0 Å². The van der Waals surface area contributed by atoms with Crippen LogP contribution in [0.1, 0.15) is 16.8 Å². The van der Waals surface area contributed by atoms with Gasteiger partial charge in [0.2, 0.25) is 0 Å². The van der Waals surface area contributed by atoms with E-state index in [9.17, 15) is 9.36 Å². The topological polar surface area (TPSA) is 65.1 Å². The summed E-state index contributed by atoms with van der Waals surface area (Å²) in [6, 6.07) is 32.3. The molecule has 6 nitrogen and oxygen atoms in total. The first-order chi connectivity index (χ1) is 17.5. The number of benzene rings is 4. The summed E-state index contributed by atoms with van der Waals surface area (Å²) in [5.41, 5.74) is 1.35. The van der Waals surface area contributed by atoms with Crippen molar-refractivity contribution in [3.63, 3.8) is 0 Å². The van der Waals surface area contributed by atoms with Gasteiger partial charge in [0, 0.05) is 6.20 Å². The Bertz CT molecular complexity index is 1380. The highest BCUT2D eigenvalue weighted by molar-refractivity contribution is 7.55. The molecule has 0 saturated carbocycles. The predicted molar refractivity (Wildman–Crippen MR) is 140 cm³/mol. The molecule has 1 unspecified atom stereocenters. The van der Waals surface area contributed by atoms with E-state index in [1.165, 1.54) is 4.90 Å². The number of fused-ring (bicyclic) bond motifs is 1. The molecule has 1 amide bonds. The van der Waals surface area contributed by atoms with Crippen molar-refractivity contribution < 1.29 is 23.1 Å². The fraction of sp³-hybridized carbons (Fsp3) is 0.0690. The Labute approximate surface area is 209 Å². The van der Waals surface area contributed by atoms with Crippen molar-refractivity contribution in [2.45, 2.75) is 12.6 Å². The number of hydrogen-bond donors (Lipinski definition) is 0. The van der Waals surface area contributed by atoms with Crippen LogP contribution >= 0.6 is 7.60 Å². The molecule has 4 aromatic carbocycles. The first-order valence-electron chi connectivity index (χ1n) is 11.5. The Kier molecular flexibility index (Phi) is 6.61. The Morgan fingerprint density at radius 3 is 1.83 bits per heavy atom. The van der Waals surface area contributed by atoms with Crippen LogP contribution < -0.4 is 18.7 Å². The molecule has 0 N–H and O–H groups in total. The first-order valence-corrected chi connectivity index (χ1v) is 13.1. The molecule has 0 saturated heterocycles. The van der Waals surface area contributed by atoms with E-state index in [0.717, 1.165) is 5.56 Å². The molecule has 1 heterocycles. The Morgan fingerprint density at radius 1 is 0.750 bits per heavy atom. The molecule has 1 aliphatic heterocycles. The van der Waals surface area contributed by atoms with Crippen LogP contribution in [0.15, 0.2) is 121 Å². The highest BCUT2D eigenvalue weighted by Gasteiger charge is 2.43. The van der Waals surface area contributed by atoms with Crippen LogP contribution in [0.3, 0.4) is 0 Å². The van der Waals surface area contributed by atoms with E-state index < -0.39 is 19.3 Å². The van der Waals surface area contributed by atoms with E-state index in [1.807, 2.05) is 43.3 Å². The van der Waals surface area contributed by atoms with Crippen molar-refractivity contribution >= 4 is 19.4 Å². The Morgan fingerprint density at radius 2 is 1.28 bits per heavy atom. The number of aryl methyl sites for hydroxylation is 1. The van der Waals surface area contributed by atoms with Crippen LogP contribution in [0.4, 0.5) is 10.5 Å². The monoisotopic (exact) mass is 497 g/mol. The lowest BCUT2D eigenvalue weighted by Crippen LogP contribution is -2.32. The number of ether oxygens (including phenoxy) is 1. The molecule has 7 heteroatoms. The summed E-state index contributed by atoms with van der Waals surface area (Å²) in [4.78, 5) is 14.5. The number of para-hydroxylation sites is 3. The maximum atomic E-state index is 14.5. The van der Waals surface area contributed by atoms with Crippen molar-refractivity contribution in [1.82, 2.24) is 0 Å². The predicted octanol–water partition coefficient (Wildman–Crippen LogP) is 7.92. The summed E-state index contributed by atoms with van der Waals surface area (Å²) >= 11 is 0. The minimum absolute atomic E-state index is 0.422. The molecule has 1 aliphatic rings. The third-order valence-electron chi connectivity index (χ3n) is 5.62. The van der Waals surface area contributed by atoms with Crippen molar-refractivity contribution in [3.8, 4) is 17.2 Å². The molecule has 5 rings (SSSR count). The van der Waals surface area contributed by atoms with Gasteiger partial charge in [0.15, 0.2) is 0 Å². The van der Waals surface area contributed by atoms with E-state index in [-0.39, 0.29) is 0 Å². The van der Waals surface area contributed by atoms with Crippen LogP contribution in [0, 0.1) is 6.92 Å². The van der Waals surface area contributed by atoms with Crippen LogP contribution in [0.5, 0.6) is 17.2 Å². The summed E-state index contributed by atoms with van der Waals surface area (Å²) in [5.74, 6) is 1.27. The molecule has 0 fully saturated rings. The maximum Gasteiger partial charge on any atom is 0.442 e. The number of anilines is 1. The molecule has 0 radical (unpaired) electrons. The zero-order valence-corrected chi connectivity index (χ0v) is 20.5. The number of hydrogen-bond acceptors (Lipinski definition) is 5. The lowest BCUT2D eigenvalue weighted by atomic mass is 10.0. The van der Waals surface area contributed by atoms with Gasteiger partial charge in [-0.15, -0.1) is 0 Å². The van der Waals surface area contributed by atoms with Gasteiger partial charge in [0.05, 0.1) is 5.69 Å². The van der Waals surface area contributed by atoms with Crippen LogP contribution in [-0.2, 0) is 4.57 Å². The fourth-order valence-electron chi connectivity index (χ4n) is 3.94. The van der Waals surface area contributed by atoms with Crippen molar-refractivity contribution in [3.05, 3.63) is 133 Å². The second kappa shape index (κ2) is 10.1. The Hall–Kier alpha value is -4.28. The summed E-state index contributed by atoms with van der Waals surface area (Å²) < 4.78 is 32.2. The molecule has 4 aromatic rings. The molecule has 1 atom stereocenters. The normalized spacial score (nSPS) is 14.6. The third kappa shape index (κ3) is 5.04. The average molecular weight is 497 g/mol. The molecule has 0 aromatic heterocycles. The highest BCUT2D eigenvalue weighted by atomic mass is 31.2. The van der Waals surface area contributed by atoms with Gasteiger partial charge in [-0.05, 0) is 61.0 Å². The molecule has 0 bridgehead atoms. The molecule has 180 valence electrons. The van der Waals surface area contributed by atoms with Gasteiger partial charge >= 0.3 is 13.7 Å². The van der Waals surface area contributed by atoms with Gasteiger partial charge in [-0.25, -0.2) is 9.36 Å². The third-order valence-corrected chi connectivity index (χ3v) is 7.68. The average Bonchev–Trinajstić information content (AvgIpc) is 2.89. The van der Waals surface area contributed by atoms with Gasteiger partial charge in [-0.1, -0.05) is 72.3 Å². The first kappa shape index (κ1) is 23.5. The lowest BCUT2D eigenvalue weighted by molar-refractivity contribution is 0.210. The van der Waals surface area contributed by atoms with Crippen LogP contribution in [0.25, 0.3) is 0 Å². The molecular weight excluding hydrogens is 473 g/mol. The van der Waals surface area contributed by atoms with E-state index in [1.54, 1.807) is 85.1 Å². The quantitative estimate of drug-likeness (QED) is 0.253. The Balaban J connectivity index is 1.54. The van der Waals surface area contributed by atoms with Gasteiger partial charge in [-0.3, -0.25) is 4.90 Å². The zero-order chi connectivity index (χ0) is 25.0. The zero-order valence-electron chi connectivity index (χ0n) is 19.6. The number of carbonyl (C=O) groups excluding carboxylic acids is 1. The molecule has 0 aliphatic carbocycles. The van der Waals surface area contributed by atoms with E-state index in [4.69, 9.17) is 13.8 Å². The summed E-state index contributed by atoms with van der Waals surface area (Å²) in [6.07, 6.45) is 2.65. The second-order valence-electron chi connectivity index (χ2n) is 8.25. The summed E-state index contributed by atoms with van der Waals surface area (Å²) in [6.45, 7) is 1.93. The second-order valence-corrected chi connectivity index (χ2v) is 10.2.